The molecule has 0 aromatic heterocycles. The van der Waals surface area contributed by atoms with Gasteiger partial charge in [-0.1, -0.05) is 12.1 Å². The van der Waals surface area contributed by atoms with Crippen LogP contribution in [-0.4, -0.2) is 30.1 Å². The molecule has 1 aliphatic carbocycles. The first kappa shape index (κ1) is 13.9. The molecular weight excluding hydrogens is 268 g/mol. The molecule has 2 aliphatic rings. The lowest BCUT2D eigenvalue weighted by Gasteiger charge is -2.32. The number of nitrogens with zero attached hydrogens (tertiary/aromatic N) is 1. The summed E-state index contributed by atoms with van der Waals surface area (Å²) in [5, 5.41) is 12.0. The van der Waals surface area contributed by atoms with Gasteiger partial charge in [-0.15, -0.1) is 0 Å². The number of amides is 1. The topological polar surface area (TPSA) is 69.6 Å². The fourth-order valence-electron chi connectivity index (χ4n) is 3.15. The fourth-order valence-corrected chi connectivity index (χ4v) is 3.15. The maximum absolute atomic E-state index is 12.3. The quantitative estimate of drug-likeness (QED) is 0.892. The SMILES string of the molecule is O=C(O)C1CCC1C(=O)Nc1ccccc1N1CCCC1. The molecule has 1 aliphatic heterocycles. The van der Waals surface area contributed by atoms with Gasteiger partial charge in [-0.2, -0.15) is 0 Å². The highest BCUT2D eigenvalue weighted by Crippen LogP contribution is 2.36. The molecule has 5 heteroatoms. The van der Waals surface area contributed by atoms with E-state index in [1.54, 1.807) is 0 Å². The molecule has 3 rings (SSSR count). The standard InChI is InChI=1S/C16H20N2O3/c19-15(11-7-8-12(11)16(20)21)17-13-5-1-2-6-14(13)18-9-3-4-10-18/h1-2,5-6,11-12H,3-4,7-10H2,(H,17,19)(H,20,21). The van der Waals surface area contributed by atoms with Crippen molar-refractivity contribution < 1.29 is 14.7 Å². The van der Waals surface area contributed by atoms with Crippen LogP contribution in [0.5, 0.6) is 0 Å². The Kier molecular flexibility index (Phi) is 3.82. The Labute approximate surface area is 123 Å². The van der Waals surface area contributed by atoms with E-state index < -0.39 is 17.8 Å². The van der Waals surface area contributed by atoms with Crippen LogP contribution in [0.2, 0.25) is 0 Å². The van der Waals surface area contributed by atoms with E-state index in [2.05, 4.69) is 10.2 Å². The number of aliphatic carboxylic acids is 1. The lowest BCUT2D eigenvalue weighted by Crippen LogP contribution is -2.41. The highest BCUT2D eigenvalue weighted by molar-refractivity contribution is 5.98. The van der Waals surface area contributed by atoms with E-state index >= 15 is 0 Å². The smallest absolute Gasteiger partial charge is 0.307 e. The van der Waals surface area contributed by atoms with Gasteiger partial charge in [0.05, 0.1) is 23.2 Å². The third kappa shape index (κ3) is 2.73. The maximum Gasteiger partial charge on any atom is 0.307 e. The normalized spacial score (nSPS) is 24.5. The van der Waals surface area contributed by atoms with Crippen molar-refractivity contribution in [3.8, 4) is 0 Å². The molecule has 1 heterocycles. The molecule has 5 nitrogen and oxygen atoms in total. The van der Waals surface area contributed by atoms with Gasteiger partial charge in [0, 0.05) is 13.1 Å². The Morgan fingerprint density at radius 2 is 1.76 bits per heavy atom. The van der Waals surface area contributed by atoms with Gasteiger partial charge in [0.2, 0.25) is 5.91 Å². The van der Waals surface area contributed by atoms with Crippen LogP contribution in [0.1, 0.15) is 25.7 Å². The zero-order valence-electron chi connectivity index (χ0n) is 11.9. The fraction of sp³-hybridized carbons (Fsp3) is 0.500. The molecule has 0 radical (unpaired) electrons. The molecule has 2 N–H and O–H groups in total. The van der Waals surface area contributed by atoms with E-state index in [4.69, 9.17) is 5.11 Å². The van der Waals surface area contributed by atoms with Crippen molar-refractivity contribution >= 4 is 23.3 Å². The van der Waals surface area contributed by atoms with Crippen molar-refractivity contribution in [3.63, 3.8) is 0 Å². The Bertz CT molecular complexity index is 552. The van der Waals surface area contributed by atoms with Crippen LogP contribution in [0.4, 0.5) is 11.4 Å². The number of carbonyl (C=O) groups is 2. The minimum atomic E-state index is -0.866. The zero-order chi connectivity index (χ0) is 14.8. The van der Waals surface area contributed by atoms with Crippen molar-refractivity contribution in [1.82, 2.24) is 0 Å². The number of carboxylic acid groups (broad SMARTS) is 1. The van der Waals surface area contributed by atoms with Crippen molar-refractivity contribution in [2.45, 2.75) is 25.7 Å². The van der Waals surface area contributed by atoms with E-state index in [1.807, 2.05) is 24.3 Å². The number of hydrogen-bond donors (Lipinski definition) is 2. The molecule has 1 amide bonds. The molecule has 0 bridgehead atoms. The van der Waals surface area contributed by atoms with Crippen molar-refractivity contribution in [2.75, 3.05) is 23.3 Å². The molecule has 2 atom stereocenters. The molecule has 1 saturated carbocycles. The van der Waals surface area contributed by atoms with E-state index in [0.29, 0.717) is 12.8 Å². The second kappa shape index (κ2) is 5.76. The summed E-state index contributed by atoms with van der Waals surface area (Å²) in [6.07, 6.45) is 3.61. The first-order valence-electron chi connectivity index (χ1n) is 7.54. The third-order valence-electron chi connectivity index (χ3n) is 4.54. The number of benzene rings is 1. The summed E-state index contributed by atoms with van der Waals surface area (Å²) in [6, 6.07) is 7.76. The van der Waals surface area contributed by atoms with Gasteiger partial charge < -0.3 is 15.3 Å². The highest BCUT2D eigenvalue weighted by Gasteiger charge is 2.41. The van der Waals surface area contributed by atoms with Crippen LogP contribution < -0.4 is 10.2 Å². The summed E-state index contributed by atoms with van der Waals surface area (Å²) in [6.45, 7) is 2.02. The molecule has 21 heavy (non-hydrogen) atoms. The molecular formula is C16H20N2O3. The Hall–Kier alpha value is -2.04. The number of carbonyl (C=O) groups excluding carboxylic acids is 1. The van der Waals surface area contributed by atoms with Crippen LogP contribution in [0.3, 0.4) is 0 Å². The summed E-state index contributed by atoms with van der Waals surface area (Å²) in [7, 11) is 0. The predicted octanol–water partition coefficient (Wildman–Crippen LogP) is 2.34. The molecule has 2 fully saturated rings. The molecule has 0 spiro atoms. The molecule has 1 aromatic rings. The number of nitrogens with one attached hydrogen (secondary N) is 1. The summed E-state index contributed by atoms with van der Waals surface area (Å²) in [4.78, 5) is 25.6. The van der Waals surface area contributed by atoms with Gasteiger partial charge in [-0.3, -0.25) is 9.59 Å². The Balaban J connectivity index is 1.73. The van der Waals surface area contributed by atoms with Gasteiger partial charge in [0.25, 0.3) is 0 Å². The second-order valence-corrected chi connectivity index (χ2v) is 5.83. The highest BCUT2D eigenvalue weighted by atomic mass is 16.4. The first-order valence-corrected chi connectivity index (χ1v) is 7.54. The van der Waals surface area contributed by atoms with Crippen LogP contribution in [0, 0.1) is 11.8 Å². The van der Waals surface area contributed by atoms with Gasteiger partial charge in [-0.05, 0) is 37.8 Å². The number of anilines is 2. The van der Waals surface area contributed by atoms with Crippen LogP contribution in [0.15, 0.2) is 24.3 Å². The Morgan fingerprint density at radius 1 is 1.10 bits per heavy atom. The second-order valence-electron chi connectivity index (χ2n) is 5.83. The van der Waals surface area contributed by atoms with Crippen molar-refractivity contribution in [3.05, 3.63) is 24.3 Å². The molecule has 1 aromatic carbocycles. The summed E-state index contributed by atoms with van der Waals surface area (Å²) in [5.41, 5.74) is 1.83. The maximum atomic E-state index is 12.3. The van der Waals surface area contributed by atoms with Crippen LogP contribution in [0.25, 0.3) is 0 Å². The van der Waals surface area contributed by atoms with Gasteiger partial charge in [-0.25, -0.2) is 0 Å². The van der Waals surface area contributed by atoms with E-state index in [-0.39, 0.29) is 5.91 Å². The summed E-state index contributed by atoms with van der Waals surface area (Å²) in [5.74, 6) is -1.95. The number of rotatable bonds is 4. The van der Waals surface area contributed by atoms with E-state index in [0.717, 1.165) is 24.5 Å². The number of para-hydroxylation sites is 2. The minimum Gasteiger partial charge on any atom is -0.481 e. The zero-order valence-corrected chi connectivity index (χ0v) is 11.9. The molecule has 1 saturated heterocycles. The number of hydrogen-bond acceptors (Lipinski definition) is 3. The minimum absolute atomic E-state index is 0.166. The molecule has 112 valence electrons. The summed E-state index contributed by atoms with van der Waals surface area (Å²) < 4.78 is 0. The largest absolute Gasteiger partial charge is 0.481 e. The average molecular weight is 288 g/mol. The van der Waals surface area contributed by atoms with Crippen molar-refractivity contribution in [2.24, 2.45) is 11.8 Å². The van der Waals surface area contributed by atoms with Crippen molar-refractivity contribution in [1.29, 1.82) is 0 Å². The van der Waals surface area contributed by atoms with E-state index in [9.17, 15) is 9.59 Å². The van der Waals surface area contributed by atoms with E-state index in [1.165, 1.54) is 12.8 Å². The van der Waals surface area contributed by atoms with Crippen LogP contribution in [-0.2, 0) is 9.59 Å². The third-order valence-corrected chi connectivity index (χ3v) is 4.54. The lowest BCUT2D eigenvalue weighted by molar-refractivity contribution is -0.151. The van der Waals surface area contributed by atoms with Gasteiger partial charge >= 0.3 is 5.97 Å². The van der Waals surface area contributed by atoms with Crippen LogP contribution >= 0.6 is 0 Å². The van der Waals surface area contributed by atoms with Gasteiger partial charge in [0.15, 0.2) is 0 Å². The predicted molar refractivity (Wildman–Crippen MR) is 80.4 cm³/mol. The summed E-state index contributed by atoms with van der Waals surface area (Å²) >= 11 is 0. The van der Waals surface area contributed by atoms with Gasteiger partial charge in [0.1, 0.15) is 0 Å². The lowest BCUT2D eigenvalue weighted by atomic mass is 9.73. The number of carboxylic acids is 1. The monoisotopic (exact) mass is 288 g/mol. The Morgan fingerprint density at radius 3 is 2.38 bits per heavy atom. The average Bonchev–Trinajstić information content (AvgIpc) is 2.90. The first-order chi connectivity index (χ1) is 10.2. The molecule has 2 unspecified atom stereocenters.